The van der Waals surface area contributed by atoms with Gasteiger partial charge in [0.1, 0.15) is 17.0 Å². The van der Waals surface area contributed by atoms with Crippen LogP contribution in [0.1, 0.15) is 11.1 Å². The second-order valence-electron chi connectivity index (χ2n) is 6.39. The maximum atomic E-state index is 5.87. The summed E-state index contributed by atoms with van der Waals surface area (Å²) in [4.78, 5) is 13.5. The van der Waals surface area contributed by atoms with Crippen LogP contribution in [0.2, 0.25) is 0 Å². The predicted octanol–water partition coefficient (Wildman–Crippen LogP) is 3.83. The minimum absolute atomic E-state index is 0.227. The smallest absolute Gasteiger partial charge is 0.220 e. The molecule has 0 aliphatic heterocycles. The van der Waals surface area contributed by atoms with Crippen LogP contribution in [0.5, 0.6) is 0 Å². The van der Waals surface area contributed by atoms with Crippen LogP contribution in [0.4, 0.5) is 5.95 Å². The highest BCUT2D eigenvalue weighted by Gasteiger charge is 2.20. The first-order valence-corrected chi connectivity index (χ1v) is 9.37. The molecule has 3 aromatic heterocycles. The van der Waals surface area contributed by atoms with E-state index in [9.17, 15) is 0 Å². The summed E-state index contributed by atoms with van der Waals surface area (Å²) in [5.74, 6) is 0.227. The van der Waals surface area contributed by atoms with Crippen molar-refractivity contribution in [1.82, 2.24) is 24.7 Å². The molecule has 0 atom stereocenters. The average molecular weight is 423 g/mol. The van der Waals surface area contributed by atoms with Gasteiger partial charge >= 0.3 is 0 Å². The Balaban J connectivity index is 2.02. The number of halogens is 1. The van der Waals surface area contributed by atoms with E-state index in [1.165, 1.54) is 11.1 Å². The van der Waals surface area contributed by atoms with Crippen molar-refractivity contribution < 1.29 is 0 Å². The summed E-state index contributed by atoms with van der Waals surface area (Å²) in [6.07, 6.45) is 3.69. The molecule has 0 amide bonds. The number of imidazole rings is 1. The normalized spacial score (nSPS) is 11.2. The lowest BCUT2D eigenvalue weighted by atomic mass is 10.1. The summed E-state index contributed by atoms with van der Waals surface area (Å²) in [5, 5.41) is 3.17. The molecule has 0 fully saturated rings. The summed E-state index contributed by atoms with van der Waals surface area (Å²) >= 11 is 3.56. The van der Waals surface area contributed by atoms with Gasteiger partial charge in [-0.15, -0.1) is 0 Å². The topological polar surface area (TPSA) is 81.1 Å². The van der Waals surface area contributed by atoms with E-state index in [0.29, 0.717) is 5.69 Å². The second-order valence-corrected chi connectivity index (χ2v) is 7.25. The molecule has 3 N–H and O–H groups in total. The second kappa shape index (κ2) is 7.09. The number of anilines is 1. The molecule has 136 valence electrons. The van der Waals surface area contributed by atoms with Gasteiger partial charge in [-0.2, -0.15) is 0 Å². The van der Waals surface area contributed by atoms with Crippen LogP contribution in [0.3, 0.4) is 0 Å². The maximum absolute atomic E-state index is 5.87. The number of fused-ring (bicyclic) bond motifs is 1. The number of nitrogen functional groups attached to an aromatic ring is 1. The van der Waals surface area contributed by atoms with E-state index in [1.54, 1.807) is 6.20 Å². The Bertz CT molecular complexity index is 1120. The van der Waals surface area contributed by atoms with Crippen LogP contribution in [0.25, 0.3) is 28.3 Å². The molecule has 0 saturated heterocycles. The van der Waals surface area contributed by atoms with Crippen LogP contribution in [0, 0.1) is 6.92 Å². The number of pyridine rings is 1. The van der Waals surface area contributed by atoms with E-state index in [1.807, 2.05) is 17.6 Å². The molecule has 7 heteroatoms. The zero-order chi connectivity index (χ0) is 19.0. The molecule has 3 heterocycles. The van der Waals surface area contributed by atoms with E-state index in [-0.39, 0.29) is 5.95 Å². The van der Waals surface area contributed by atoms with E-state index < -0.39 is 0 Å². The summed E-state index contributed by atoms with van der Waals surface area (Å²) < 4.78 is 2.81. The van der Waals surface area contributed by atoms with Crippen LogP contribution >= 0.6 is 15.9 Å². The van der Waals surface area contributed by atoms with Gasteiger partial charge in [-0.25, -0.2) is 15.0 Å². The molecule has 4 aromatic rings. The zero-order valence-corrected chi connectivity index (χ0v) is 16.7. The standard InChI is InChI=1S/C20H19BrN6/c1-12-3-5-14(6-4-12)17-19(18-15(21)11-24-20(22)26-18)27-8-7-13(10-23-2)9-16(27)25-17/h3-9,11,23H,10H2,1-2H3,(H2,22,24,26). The zero-order valence-electron chi connectivity index (χ0n) is 15.1. The molecular weight excluding hydrogens is 404 g/mol. The molecule has 0 unspecified atom stereocenters. The highest BCUT2D eigenvalue weighted by Crippen LogP contribution is 2.35. The molecule has 4 rings (SSSR count). The van der Waals surface area contributed by atoms with Gasteiger partial charge in [0, 0.05) is 24.5 Å². The number of aromatic nitrogens is 4. The van der Waals surface area contributed by atoms with E-state index in [4.69, 9.17) is 10.7 Å². The predicted molar refractivity (Wildman–Crippen MR) is 111 cm³/mol. The fourth-order valence-electron chi connectivity index (χ4n) is 3.09. The number of rotatable bonds is 4. The summed E-state index contributed by atoms with van der Waals surface area (Å²) in [5.41, 5.74) is 12.6. The Morgan fingerprint density at radius 3 is 2.63 bits per heavy atom. The third kappa shape index (κ3) is 3.31. The number of nitrogens with one attached hydrogen (secondary N) is 1. The van der Waals surface area contributed by atoms with Crippen LogP contribution < -0.4 is 11.1 Å². The molecule has 27 heavy (non-hydrogen) atoms. The maximum Gasteiger partial charge on any atom is 0.220 e. The number of nitrogens with zero attached hydrogens (tertiary/aromatic N) is 4. The summed E-state index contributed by atoms with van der Waals surface area (Å²) in [6.45, 7) is 2.85. The molecule has 0 radical (unpaired) electrons. The van der Waals surface area contributed by atoms with Gasteiger partial charge in [0.2, 0.25) is 5.95 Å². The Morgan fingerprint density at radius 2 is 1.89 bits per heavy atom. The minimum atomic E-state index is 0.227. The van der Waals surface area contributed by atoms with Crippen molar-refractivity contribution in [3.63, 3.8) is 0 Å². The van der Waals surface area contributed by atoms with Gasteiger partial charge in [0.05, 0.1) is 10.2 Å². The van der Waals surface area contributed by atoms with Gasteiger partial charge in [-0.05, 0) is 47.6 Å². The van der Waals surface area contributed by atoms with Crippen molar-refractivity contribution in [3.05, 3.63) is 64.4 Å². The molecule has 0 aliphatic rings. The van der Waals surface area contributed by atoms with E-state index >= 15 is 0 Å². The lowest BCUT2D eigenvalue weighted by Crippen LogP contribution is -2.05. The van der Waals surface area contributed by atoms with Crippen molar-refractivity contribution in [1.29, 1.82) is 0 Å². The van der Waals surface area contributed by atoms with Crippen LogP contribution in [-0.4, -0.2) is 26.4 Å². The van der Waals surface area contributed by atoms with Crippen molar-refractivity contribution in [2.45, 2.75) is 13.5 Å². The van der Waals surface area contributed by atoms with Crippen LogP contribution in [-0.2, 0) is 6.54 Å². The van der Waals surface area contributed by atoms with Crippen LogP contribution in [0.15, 0.2) is 53.3 Å². The molecular formula is C20H19BrN6. The average Bonchev–Trinajstić information content (AvgIpc) is 3.03. The number of nitrogens with two attached hydrogens (primary N) is 1. The van der Waals surface area contributed by atoms with Crippen molar-refractivity contribution in [2.75, 3.05) is 12.8 Å². The van der Waals surface area contributed by atoms with Gasteiger partial charge in [-0.3, -0.25) is 4.40 Å². The fourth-order valence-corrected chi connectivity index (χ4v) is 3.47. The first kappa shape index (κ1) is 17.6. The monoisotopic (exact) mass is 422 g/mol. The highest BCUT2D eigenvalue weighted by atomic mass is 79.9. The lowest BCUT2D eigenvalue weighted by Gasteiger charge is -2.08. The van der Waals surface area contributed by atoms with E-state index in [2.05, 4.69) is 74.5 Å². The first-order valence-electron chi connectivity index (χ1n) is 8.58. The SMILES string of the molecule is CNCc1ccn2c(-c3nc(N)ncc3Br)c(-c3ccc(C)cc3)nc2c1. The number of benzene rings is 1. The Hall–Kier alpha value is -2.77. The Kier molecular flexibility index (Phi) is 4.63. The van der Waals surface area contributed by atoms with Gasteiger partial charge in [-0.1, -0.05) is 29.8 Å². The van der Waals surface area contributed by atoms with Gasteiger partial charge < -0.3 is 11.1 Å². The highest BCUT2D eigenvalue weighted by molar-refractivity contribution is 9.10. The quantitative estimate of drug-likeness (QED) is 0.522. The number of aryl methyl sites for hydroxylation is 1. The third-order valence-corrected chi connectivity index (χ3v) is 4.96. The summed E-state index contributed by atoms with van der Waals surface area (Å²) in [6, 6.07) is 12.5. The number of hydrogen-bond acceptors (Lipinski definition) is 5. The first-order chi connectivity index (χ1) is 13.1. The fraction of sp³-hybridized carbons (Fsp3) is 0.150. The molecule has 0 aliphatic carbocycles. The largest absolute Gasteiger partial charge is 0.368 e. The number of hydrogen-bond donors (Lipinski definition) is 2. The van der Waals surface area contributed by atoms with Gasteiger partial charge in [0.25, 0.3) is 0 Å². The molecule has 0 saturated carbocycles. The van der Waals surface area contributed by atoms with E-state index in [0.717, 1.165) is 33.6 Å². The van der Waals surface area contributed by atoms with Gasteiger partial charge in [0.15, 0.2) is 0 Å². The Morgan fingerprint density at radius 1 is 1.11 bits per heavy atom. The summed E-state index contributed by atoms with van der Waals surface area (Å²) in [7, 11) is 1.93. The Labute approximate surface area is 165 Å². The van der Waals surface area contributed by atoms with Crippen molar-refractivity contribution >= 4 is 27.5 Å². The van der Waals surface area contributed by atoms with Crippen molar-refractivity contribution in [2.24, 2.45) is 0 Å². The molecule has 6 nitrogen and oxygen atoms in total. The molecule has 1 aromatic carbocycles. The molecule has 0 bridgehead atoms. The minimum Gasteiger partial charge on any atom is -0.368 e. The van der Waals surface area contributed by atoms with Crippen molar-refractivity contribution in [3.8, 4) is 22.6 Å². The lowest BCUT2D eigenvalue weighted by molar-refractivity contribution is 0.816. The molecule has 0 spiro atoms. The third-order valence-electron chi connectivity index (χ3n) is 4.38.